The van der Waals surface area contributed by atoms with Crippen LogP contribution in [0, 0.1) is 0 Å². The molecule has 7 heteroatoms. The lowest BCUT2D eigenvalue weighted by molar-refractivity contribution is 1.05. The summed E-state index contributed by atoms with van der Waals surface area (Å²) < 4.78 is 0. The second-order valence-electron chi connectivity index (χ2n) is 14.6. The Hall–Kier alpha value is -8.29. The number of rotatable bonds is 7. The molecule has 11 rings (SSSR count). The van der Waals surface area contributed by atoms with Gasteiger partial charge in [-0.25, -0.2) is 15.0 Å². The lowest BCUT2D eigenvalue weighted by Crippen LogP contribution is -2.03. The van der Waals surface area contributed by atoms with Crippen LogP contribution in [0.15, 0.2) is 201 Å². The highest BCUT2D eigenvalue weighted by atomic mass is 15.1. The molecule has 0 spiro atoms. The quantitative estimate of drug-likeness (QED) is 0.159. The predicted octanol–water partition coefficient (Wildman–Crippen LogP) is 12.6. The molecule has 11 aromatic rings. The van der Waals surface area contributed by atoms with Crippen molar-refractivity contribution in [1.29, 1.82) is 0 Å². The molecule has 0 amide bonds. The van der Waals surface area contributed by atoms with E-state index in [-0.39, 0.29) is 0 Å². The molecule has 0 aliphatic rings. The van der Waals surface area contributed by atoms with E-state index in [0.717, 1.165) is 82.5 Å². The molecule has 0 unspecified atom stereocenters. The fourth-order valence-electron chi connectivity index (χ4n) is 8.04. The molecule has 0 fully saturated rings. The maximum atomic E-state index is 5.24. The summed E-state index contributed by atoms with van der Waals surface area (Å²) >= 11 is 0. The number of nitrogens with zero attached hydrogens (tertiary/aromatic N) is 7. The third-order valence-electron chi connectivity index (χ3n) is 11.0. The van der Waals surface area contributed by atoms with Crippen molar-refractivity contribution < 1.29 is 0 Å². The average Bonchev–Trinajstić information content (AvgIpc) is 3.33. The van der Waals surface area contributed by atoms with E-state index in [1.165, 1.54) is 0 Å². The van der Waals surface area contributed by atoms with Crippen molar-refractivity contribution in [2.45, 2.75) is 0 Å². The van der Waals surface area contributed by atoms with Crippen LogP contribution in [-0.4, -0.2) is 34.9 Å². The number of pyridine rings is 4. The molecular weight excluding hydrogens is 735 g/mol. The van der Waals surface area contributed by atoms with Crippen molar-refractivity contribution in [3.05, 3.63) is 201 Å². The van der Waals surface area contributed by atoms with Gasteiger partial charge in [0.15, 0.2) is 17.5 Å². The third-order valence-corrected chi connectivity index (χ3v) is 11.0. The fourth-order valence-corrected chi connectivity index (χ4v) is 8.04. The monoisotopic (exact) mass is 767 g/mol. The first-order valence-corrected chi connectivity index (χ1v) is 19.8. The van der Waals surface area contributed by atoms with E-state index in [4.69, 9.17) is 24.9 Å². The van der Waals surface area contributed by atoms with Crippen molar-refractivity contribution in [3.63, 3.8) is 0 Å². The number of para-hydroxylation sites is 1. The van der Waals surface area contributed by atoms with Gasteiger partial charge in [0.25, 0.3) is 0 Å². The molecule has 0 bridgehead atoms. The molecule has 0 N–H and O–H groups in total. The second-order valence-corrected chi connectivity index (χ2v) is 14.6. The van der Waals surface area contributed by atoms with Crippen LogP contribution in [0.2, 0.25) is 0 Å². The first-order valence-electron chi connectivity index (χ1n) is 19.8. The molecule has 0 aliphatic carbocycles. The zero-order valence-electron chi connectivity index (χ0n) is 32.2. The Kier molecular flexibility index (Phi) is 8.67. The summed E-state index contributed by atoms with van der Waals surface area (Å²) in [6, 6.07) is 58.7. The van der Waals surface area contributed by atoms with Crippen LogP contribution in [-0.2, 0) is 0 Å². The van der Waals surface area contributed by atoms with Crippen molar-refractivity contribution in [1.82, 2.24) is 34.9 Å². The second kappa shape index (κ2) is 14.9. The smallest absolute Gasteiger partial charge is 0.183 e. The highest BCUT2D eigenvalue weighted by Crippen LogP contribution is 2.37. The SMILES string of the molecule is c1cc(-c2ccncc2)cc(-c2cc(-c3cccc(-c4ccnc5ccccc45)c3)cc(-c3nc(-c4nccc5ccccc45)nc(-c4nccc5ccccc45)n3)c2)c1. The molecule has 0 saturated carbocycles. The van der Waals surface area contributed by atoms with Gasteiger partial charge >= 0.3 is 0 Å². The summed E-state index contributed by atoms with van der Waals surface area (Å²) in [5.74, 6) is 1.46. The Bertz CT molecular complexity index is 3290. The molecule has 5 heterocycles. The van der Waals surface area contributed by atoms with E-state index >= 15 is 0 Å². The van der Waals surface area contributed by atoms with Gasteiger partial charge in [-0.3, -0.25) is 19.9 Å². The highest BCUT2D eigenvalue weighted by molar-refractivity contribution is 5.97. The van der Waals surface area contributed by atoms with Crippen molar-refractivity contribution in [2.24, 2.45) is 0 Å². The minimum Gasteiger partial charge on any atom is -0.265 e. The van der Waals surface area contributed by atoms with Gasteiger partial charge in [-0.2, -0.15) is 0 Å². The maximum absolute atomic E-state index is 5.24. The van der Waals surface area contributed by atoms with Gasteiger partial charge in [-0.05, 0) is 122 Å². The van der Waals surface area contributed by atoms with Gasteiger partial charge in [0.2, 0.25) is 0 Å². The summed E-state index contributed by atoms with van der Waals surface area (Å²) in [4.78, 5) is 34.2. The van der Waals surface area contributed by atoms with Gasteiger partial charge in [-0.1, -0.05) is 103 Å². The lowest BCUT2D eigenvalue weighted by Gasteiger charge is -2.14. The van der Waals surface area contributed by atoms with Crippen LogP contribution in [0.1, 0.15) is 0 Å². The number of hydrogen-bond acceptors (Lipinski definition) is 7. The van der Waals surface area contributed by atoms with Crippen LogP contribution in [0.4, 0.5) is 0 Å². The van der Waals surface area contributed by atoms with Crippen LogP contribution >= 0.6 is 0 Å². The normalized spacial score (nSPS) is 11.3. The van der Waals surface area contributed by atoms with E-state index in [2.05, 4.69) is 125 Å². The van der Waals surface area contributed by atoms with E-state index in [9.17, 15) is 0 Å². The molecular formula is C53H33N7. The largest absolute Gasteiger partial charge is 0.265 e. The van der Waals surface area contributed by atoms with Crippen LogP contribution < -0.4 is 0 Å². The molecule has 0 aliphatic heterocycles. The van der Waals surface area contributed by atoms with Gasteiger partial charge in [0, 0.05) is 52.7 Å². The summed E-state index contributed by atoms with van der Waals surface area (Å²) in [6.45, 7) is 0. The minimum atomic E-state index is 0.472. The van der Waals surface area contributed by atoms with E-state index in [0.29, 0.717) is 28.9 Å². The van der Waals surface area contributed by atoms with Crippen LogP contribution in [0.5, 0.6) is 0 Å². The molecule has 6 aromatic carbocycles. The van der Waals surface area contributed by atoms with Gasteiger partial charge in [0.1, 0.15) is 11.4 Å². The van der Waals surface area contributed by atoms with Gasteiger partial charge in [0.05, 0.1) is 5.52 Å². The van der Waals surface area contributed by atoms with Crippen molar-refractivity contribution in [3.8, 4) is 78.9 Å². The van der Waals surface area contributed by atoms with E-state index in [1.807, 2.05) is 85.6 Å². The summed E-state index contributed by atoms with van der Waals surface area (Å²) in [5.41, 5.74) is 11.7. The van der Waals surface area contributed by atoms with E-state index in [1.54, 1.807) is 0 Å². The summed E-state index contributed by atoms with van der Waals surface area (Å²) in [5, 5.41) is 5.12. The van der Waals surface area contributed by atoms with Gasteiger partial charge in [-0.15, -0.1) is 0 Å². The Balaban J connectivity index is 1.15. The zero-order chi connectivity index (χ0) is 39.8. The Labute approximate surface area is 345 Å². The minimum absolute atomic E-state index is 0.472. The Morgan fingerprint density at radius 2 is 0.767 bits per heavy atom. The standard InChI is InChI=1S/C53H33N7/c1-3-15-45-35(9-1)21-26-56-49(45)52-58-51(59-53(60-52)50-46-16-4-2-10-36(46)22-27-57-50)43-32-41(38-12-7-11-37(29-38)34-19-24-54-25-20-34)31-42(33-43)39-13-8-14-40(30-39)44-23-28-55-48-18-6-5-17-47(44)48/h1-33H. The highest BCUT2D eigenvalue weighted by Gasteiger charge is 2.19. The van der Waals surface area contributed by atoms with Crippen LogP contribution in [0.25, 0.3) is 111 Å². The van der Waals surface area contributed by atoms with E-state index < -0.39 is 0 Å². The molecule has 5 aromatic heterocycles. The average molecular weight is 768 g/mol. The van der Waals surface area contributed by atoms with Gasteiger partial charge < -0.3 is 0 Å². The molecule has 7 nitrogen and oxygen atoms in total. The Morgan fingerprint density at radius 3 is 1.42 bits per heavy atom. The lowest BCUT2D eigenvalue weighted by atomic mass is 9.92. The number of benzene rings is 6. The van der Waals surface area contributed by atoms with Crippen molar-refractivity contribution in [2.75, 3.05) is 0 Å². The number of aromatic nitrogens is 7. The Morgan fingerprint density at radius 1 is 0.283 bits per heavy atom. The fraction of sp³-hybridized carbons (Fsp3) is 0. The number of fused-ring (bicyclic) bond motifs is 3. The van der Waals surface area contributed by atoms with Crippen LogP contribution in [0.3, 0.4) is 0 Å². The summed E-state index contributed by atoms with van der Waals surface area (Å²) in [7, 11) is 0. The number of hydrogen-bond donors (Lipinski definition) is 0. The summed E-state index contributed by atoms with van der Waals surface area (Å²) in [6.07, 6.45) is 9.15. The molecule has 280 valence electrons. The predicted molar refractivity (Wildman–Crippen MR) is 242 cm³/mol. The topological polar surface area (TPSA) is 90.2 Å². The first kappa shape index (κ1) is 34.9. The molecule has 0 saturated heterocycles. The first-order chi connectivity index (χ1) is 29.7. The maximum Gasteiger partial charge on any atom is 0.183 e. The third kappa shape index (κ3) is 6.50. The molecule has 0 atom stereocenters. The molecule has 60 heavy (non-hydrogen) atoms. The van der Waals surface area contributed by atoms with Crippen molar-refractivity contribution >= 4 is 32.4 Å². The molecule has 0 radical (unpaired) electrons. The zero-order valence-corrected chi connectivity index (χ0v) is 32.2.